The molecular formula is C18H29NO. The molecule has 2 nitrogen and oxygen atoms in total. The van der Waals surface area contributed by atoms with Crippen molar-refractivity contribution in [1.29, 1.82) is 0 Å². The normalized spacial score (nSPS) is 16.9. The zero-order chi connectivity index (χ0) is 14.5. The Kier molecular flexibility index (Phi) is 5.62. The van der Waals surface area contributed by atoms with Crippen LogP contribution in [0.4, 0.5) is 0 Å². The summed E-state index contributed by atoms with van der Waals surface area (Å²) < 4.78 is 0. The van der Waals surface area contributed by atoms with Crippen molar-refractivity contribution in [2.24, 2.45) is 5.92 Å². The molecule has 1 fully saturated rings. The van der Waals surface area contributed by atoms with Crippen LogP contribution in [0.3, 0.4) is 0 Å². The summed E-state index contributed by atoms with van der Waals surface area (Å²) in [6.45, 7) is 9.63. The van der Waals surface area contributed by atoms with Crippen molar-refractivity contribution >= 4 is 0 Å². The highest BCUT2D eigenvalue weighted by molar-refractivity contribution is 5.26. The summed E-state index contributed by atoms with van der Waals surface area (Å²) in [6.07, 6.45) is 3.55. The van der Waals surface area contributed by atoms with Crippen LogP contribution in [0.25, 0.3) is 0 Å². The Morgan fingerprint density at radius 2 is 1.75 bits per heavy atom. The molecule has 1 aliphatic carbocycles. The molecule has 1 aromatic carbocycles. The van der Waals surface area contributed by atoms with Crippen molar-refractivity contribution in [3.05, 3.63) is 35.4 Å². The van der Waals surface area contributed by atoms with Gasteiger partial charge in [-0.1, -0.05) is 45.0 Å². The van der Waals surface area contributed by atoms with E-state index in [9.17, 15) is 5.11 Å². The summed E-state index contributed by atoms with van der Waals surface area (Å²) in [5.74, 6) is 1.43. The number of aliphatic hydroxyl groups excluding tert-OH is 1. The highest BCUT2D eigenvalue weighted by atomic mass is 16.3. The second kappa shape index (κ2) is 7.24. The number of nitrogens with zero attached hydrogens (tertiary/aromatic N) is 1. The van der Waals surface area contributed by atoms with Crippen LogP contribution in [0.1, 0.15) is 63.2 Å². The Hall–Kier alpha value is -0.860. The Morgan fingerprint density at radius 3 is 2.25 bits per heavy atom. The van der Waals surface area contributed by atoms with Crippen LogP contribution < -0.4 is 0 Å². The number of benzene rings is 1. The summed E-state index contributed by atoms with van der Waals surface area (Å²) in [6, 6.07) is 8.46. The maximum absolute atomic E-state index is 10.4. The Balaban J connectivity index is 1.92. The summed E-state index contributed by atoms with van der Waals surface area (Å²) >= 11 is 0. The molecule has 0 radical (unpaired) electrons. The Morgan fingerprint density at radius 1 is 1.15 bits per heavy atom. The average Bonchev–Trinajstić information content (AvgIpc) is 3.23. The molecule has 112 valence electrons. The number of hydrogen-bond acceptors (Lipinski definition) is 2. The average molecular weight is 275 g/mol. The Labute approximate surface area is 123 Å². The van der Waals surface area contributed by atoms with Gasteiger partial charge in [0.1, 0.15) is 0 Å². The topological polar surface area (TPSA) is 23.5 Å². The van der Waals surface area contributed by atoms with Gasteiger partial charge in [0.15, 0.2) is 0 Å². The highest BCUT2D eigenvalue weighted by Gasteiger charge is 2.25. The van der Waals surface area contributed by atoms with E-state index in [1.807, 2.05) is 0 Å². The summed E-state index contributed by atoms with van der Waals surface area (Å²) in [4.78, 5) is 2.43. The SMILES string of the molecule is CCCN(CC1CC1)CC(O)c1ccc(C(C)C)cc1. The van der Waals surface area contributed by atoms with E-state index >= 15 is 0 Å². The van der Waals surface area contributed by atoms with E-state index in [1.165, 1.54) is 18.4 Å². The van der Waals surface area contributed by atoms with E-state index in [2.05, 4.69) is 49.9 Å². The third-order valence-corrected chi connectivity index (χ3v) is 4.17. The van der Waals surface area contributed by atoms with Gasteiger partial charge in [0.05, 0.1) is 6.10 Å². The molecule has 2 heteroatoms. The van der Waals surface area contributed by atoms with Gasteiger partial charge in [0, 0.05) is 13.1 Å². The zero-order valence-corrected chi connectivity index (χ0v) is 13.2. The quantitative estimate of drug-likeness (QED) is 0.776. The predicted octanol–water partition coefficient (Wildman–Crippen LogP) is 3.97. The summed E-state index contributed by atoms with van der Waals surface area (Å²) in [5, 5.41) is 10.4. The van der Waals surface area contributed by atoms with Crippen molar-refractivity contribution in [2.75, 3.05) is 19.6 Å². The molecular weight excluding hydrogens is 246 g/mol. The first-order valence-electron chi connectivity index (χ1n) is 8.10. The molecule has 0 bridgehead atoms. The van der Waals surface area contributed by atoms with E-state index in [-0.39, 0.29) is 6.10 Å². The van der Waals surface area contributed by atoms with Crippen LogP contribution in [0.15, 0.2) is 24.3 Å². The third-order valence-electron chi connectivity index (χ3n) is 4.17. The lowest BCUT2D eigenvalue weighted by atomic mass is 10.00. The fourth-order valence-electron chi connectivity index (χ4n) is 2.69. The van der Waals surface area contributed by atoms with Gasteiger partial charge < -0.3 is 10.0 Å². The van der Waals surface area contributed by atoms with Crippen LogP contribution in [0, 0.1) is 5.92 Å². The van der Waals surface area contributed by atoms with E-state index in [0.29, 0.717) is 5.92 Å². The van der Waals surface area contributed by atoms with E-state index < -0.39 is 0 Å². The molecule has 0 aliphatic heterocycles. The fourth-order valence-corrected chi connectivity index (χ4v) is 2.69. The maximum atomic E-state index is 10.4. The third kappa shape index (κ3) is 4.60. The molecule has 20 heavy (non-hydrogen) atoms. The van der Waals surface area contributed by atoms with Crippen molar-refractivity contribution in [2.45, 2.75) is 52.1 Å². The first kappa shape index (κ1) is 15.5. The van der Waals surface area contributed by atoms with Crippen LogP contribution >= 0.6 is 0 Å². The van der Waals surface area contributed by atoms with Crippen LogP contribution in [0.5, 0.6) is 0 Å². The van der Waals surface area contributed by atoms with Crippen LogP contribution in [0.2, 0.25) is 0 Å². The van der Waals surface area contributed by atoms with Gasteiger partial charge in [-0.15, -0.1) is 0 Å². The highest BCUT2D eigenvalue weighted by Crippen LogP contribution is 2.30. The monoisotopic (exact) mass is 275 g/mol. The van der Waals surface area contributed by atoms with E-state index in [0.717, 1.165) is 37.5 Å². The van der Waals surface area contributed by atoms with E-state index in [4.69, 9.17) is 0 Å². The van der Waals surface area contributed by atoms with Crippen molar-refractivity contribution in [3.8, 4) is 0 Å². The number of hydrogen-bond donors (Lipinski definition) is 1. The van der Waals surface area contributed by atoms with Crippen molar-refractivity contribution in [1.82, 2.24) is 4.90 Å². The minimum Gasteiger partial charge on any atom is -0.387 e. The second-order valence-electron chi connectivity index (χ2n) is 6.54. The van der Waals surface area contributed by atoms with Crippen LogP contribution in [-0.4, -0.2) is 29.6 Å². The lowest BCUT2D eigenvalue weighted by Gasteiger charge is -2.25. The van der Waals surface area contributed by atoms with E-state index in [1.54, 1.807) is 0 Å². The predicted molar refractivity (Wildman–Crippen MR) is 84.9 cm³/mol. The molecule has 0 spiro atoms. The number of aliphatic hydroxyl groups is 1. The van der Waals surface area contributed by atoms with Gasteiger partial charge in [-0.25, -0.2) is 0 Å². The van der Waals surface area contributed by atoms with Gasteiger partial charge in [0.2, 0.25) is 0 Å². The summed E-state index contributed by atoms with van der Waals surface area (Å²) in [7, 11) is 0. The van der Waals surface area contributed by atoms with Gasteiger partial charge in [-0.05, 0) is 48.8 Å². The lowest BCUT2D eigenvalue weighted by Crippen LogP contribution is -2.31. The molecule has 2 rings (SSSR count). The summed E-state index contributed by atoms with van der Waals surface area (Å²) in [5.41, 5.74) is 2.38. The molecule has 0 amide bonds. The second-order valence-corrected chi connectivity index (χ2v) is 6.54. The van der Waals surface area contributed by atoms with Crippen molar-refractivity contribution < 1.29 is 5.11 Å². The zero-order valence-electron chi connectivity index (χ0n) is 13.2. The van der Waals surface area contributed by atoms with Gasteiger partial charge in [-0.2, -0.15) is 0 Å². The largest absolute Gasteiger partial charge is 0.387 e. The molecule has 1 atom stereocenters. The Bertz CT molecular complexity index is 394. The maximum Gasteiger partial charge on any atom is 0.0916 e. The van der Waals surface area contributed by atoms with Gasteiger partial charge in [0.25, 0.3) is 0 Å². The number of rotatable bonds is 8. The van der Waals surface area contributed by atoms with Gasteiger partial charge in [-0.3, -0.25) is 0 Å². The molecule has 1 unspecified atom stereocenters. The minimum absolute atomic E-state index is 0.360. The molecule has 0 saturated heterocycles. The fraction of sp³-hybridized carbons (Fsp3) is 0.667. The molecule has 1 saturated carbocycles. The molecule has 1 aromatic rings. The molecule has 1 aliphatic rings. The molecule has 0 heterocycles. The first-order chi connectivity index (χ1) is 9.60. The van der Waals surface area contributed by atoms with Crippen LogP contribution in [-0.2, 0) is 0 Å². The smallest absolute Gasteiger partial charge is 0.0916 e. The molecule has 0 aromatic heterocycles. The lowest BCUT2D eigenvalue weighted by molar-refractivity contribution is 0.110. The minimum atomic E-state index is -0.360. The first-order valence-corrected chi connectivity index (χ1v) is 8.10. The standard InChI is InChI=1S/C18H29NO/c1-4-11-19(12-15-5-6-15)13-18(20)17-9-7-16(8-10-17)14(2)3/h7-10,14-15,18,20H,4-6,11-13H2,1-3H3. The molecule has 1 N–H and O–H groups in total. The van der Waals surface area contributed by atoms with Crippen molar-refractivity contribution in [3.63, 3.8) is 0 Å². The van der Waals surface area contributed by atoms with Gasteiger partial charge >= 0.3 is 0 Å².